The van der Waals surface area contributed by atoms with Crippen molar-refractivity contribution in [3.05, 3.63) is 0 Å². The van der Waals surface area contributed by atoms with Gasteiger partial charge in [-0.1, -0.05) is 0 Å². The van der Waals surface area contributed by atoms with E-state index in [4.69, 9.17) is 10.00 Å². The molecule has 2 rings (SSSR count). The van der Waals surface area contributed by atoms with Crippen LogP contribution in [0.4, 0.5) is 0 Å². The Kier molecular flexibility index (Phi) is 1.66. The Bertz CT molecular complexity index is 240. The monoisotopic (exact) mass is 165 g/mol. The van der Waals surface area contributed by atoms with Gasteiger partial charge in [0.1, 0.15) is 5.78 Å². The van der Waals surface area contributed by atoms with E-state index in [9.17, 15) is 4.79 Å². The number of rotatable bonds is 1. The van der Waals surface area contributed by atoms with Crippen molar-refractivity contribution >= 4 is 5.78 Å². The van der Waals surface area contributed by atoms with Crippen molar-refractivity contribution in [2.24, 2.45) is 5.41 Å². The first kappa shape index (κ1) is 7.75. The Hall–Kier alpha value is -0.880. The summed E-state index contributed by atoms with van der Waals surface area (Å²) in [4.78, 5) is 10.8. The zero-order chi connectivity index (χ0) is 8.60. The molecule has 1 unspecified atom stereocenters. The molecule has 1 aliphatic heterocycles. The molecule has 1 atom stereocenters. The Morgan fingerprint density at radius 2 is 2.33 bits per heavy atom. The van der Waals surface area contributed by atoms with E-state index in [-0.39, 0.29) is 11.9 Å². The van der Waals surface area contributed by atoms with Gasteiger partial charge in [-0.15, -0.1) is 0 Å². The fourth-order valence-corrected chi connectivity index (χ4v) is 2.04. The number of carbonyl (C=O) groups is 1. The molecule has 3 nitrogen and oxygen atoms in total. The highest BCUT2D eigenvalue weighted by Gasteiger charge is 2.51. The maximum Gasteiger partial charge on any atom is 0.136 e. The number of ketones is 1. The smallest absolute Gasteiger partial charge is 0.136 e. The lowest BCUT2D eigenvalue weighted by Crippen LogP contribution is -2.45. The minimum Gasteiger partial charge on any atom is -0.377 e. The molecule has 0 bridgehead atoms. The first-order valence-corrected chi connectivity index (χ1v) is 4.31. The Balaban J connectivity index is 2.09. The summed E-state index contributed by atoms with van der Waals surface area (Å²) >= 11 is 0. The zero-order valence-electron chi connectivity index (χ0n) is 6.88. The lowest BCUT2D eigenvalue weighted by molar-refractivity contribution is -0.136. The Morgan fingerprint density at radius 3 is 2.75 bits per heavy atom. The highest BCUT2D eigenvalue weighted by molar-refractivity contribution is 5.87. The summed E-state index contributed by atoms with van der Waals surface area (Å²) in [6.07, 6.45) is 2.83. The van der Waals surface area contributed by atoms with Gasteiger partial charge in [0, 0.05) is 19.4 Å². The summed E-state index contributed by atoms with van der Waals surface area (Å²) in [5, 5.41) is 8.93. The SMILES string of the molecule is N#CC1(C2CCCO2)CC(=O)C1. The molecular formula is C9H11NO2. The van der Waals surface area contributed by atoms with Crippen LogP contribution in [0.3, 0.4) is 0 Å². The Labute approximate surface area is 71.3 Å². The minimum absolute atomic E-state index is 0.0280. The molecule has 12 heavy (non-hydrogen) atoms. The number of hydrogen-bond donors (Lipinski definition) is 0. The molecule has 0 aromatic carbocycles. The first-order valence-electron chi connectivity index (χ1n) is 4.31. The zero-order valence-corrected chi connectivity index (χ0v) is 6.88. The number of nitrogens with zero attached hydrogens (tertiary/aromatic N) is 1. The molecule has 1 aliphatic carbocycles. The third-order valence-electron chi connectivity index (χ3n) is 2.79. The molecule has 0 aromatic rings. The number of ether oxygens (including phenoxy) is 1. The van der Waals surface area contributed by atoms with Gasteiger partial charge in [-0.2, -0.15) is 5.26 Å². The van der Waals surface area contributed by atoms with Crippen LogP contribution in [-0.2, 0) is 9.53 Å². The van der Waals surface area contributed by atoms with Crippen molar-refractivity contribution in [1.29, 1.82) is 5.26 Å². The van der Waals surface area contributed by atoms with Crippen LogP contribution in [0.2, 0.25) is 0 Å². The second-order valence-corrected chi connectivity index (χ2v) is 3.66. The second-order valence-electron chi connectivity index (χ2n) is 3.66. The van der Waals surface area contributed by atoms with Crippen molar-refractivity contribution in [2.45, 2.75) is 31.8 Å². The van der Waals surface area contributed by atoms with Gasteiger partial charge >= 0.3 is 0 Å². The molecule has 2 aliphatic rings. The van der Waals surface area contributed by atoms with Gasteiger partial charge in [0.25, 0.3) is 0 Å². The largest absolute Gasteiger partial charge is 0.377 e. The lowest BCUT2D eigenvalue weighted by Gasteiger charge is -2.37. The van der Waals surface area contributed by atoms with E-state index in [1.807, 2.05) is 0 Å². The number of nitriles is 1. The average Bonchev–Trinajstić information content (AvgIpc) is 2.50. The van der Waals surface area contributed by atoms with Crippen LogP contribution in [0.15, 0.2) is 0 Å². The fourth-order valence-electron chi connectivity index (χ4n) is 2.04. The molecule has 3 heteroatoms. The standard InChI is InChI=1S/C9H11NO2/c10-6-9(4-7(11)5-9)8-2-1-3-12-8/h8H,1-5H2. The third kappa shape index (κ3) is 0.953. The van der Waals surface area contributed by atoms with Gasteiger partial charge in [-0.3, -0.25) is 4.79 Å². The molecule has 1 saturated heterocycles. The summed E-state index contributed by atoms with van der Waals surface area (Å²) < 4.78 is 5.42. The van der Waals surface area contributed by atoms with Crippen LogP contribution in [0.25, 0.3) is 0 Å². The summed E-state index contributed by atoms with van der Waals surface area (Å²) in [6.45, 7) is 0.752. The molecule has 0 aromatic heterocycles. The van der Waals surface area contributed by atoms with E-state index < -0.39 is 5.41 Å². The van der Waals surface area contributed by atoms with Crippen LogP contribution in [0.5, 0.6) is 0 Å². The van der Waals surface area contributed by atoms with E-state index in [1.54, 1.807) is 0 Å². The van der Waals surface area contributed by atoms with Gasteiger partial charge in [-0.25, -0.2) is 0 Å². The quantitative estimate of drug-likeness (QED) is 0.583. The normalized spacial score (nSPS) is 32.6. The molecule has 2 fully saturated rings. The molecule has 0 spiro atoms. The summed E-state index contributed by atoms with van der Waals surface area (Å²) in [5.74, 6) is 0.201. The van der Waals surface area contributed by atoms with Gasteiger partial charge in [0.05, 0.1) is 17.6 Å². The van der Waals surface area contributed by atoms with Crippen molar-refractivity contribution in [2.75, 3.05) is 6.61 Å². The van der Waals surface area contributed by atoms with E-state index in [0.29, 0.717) is 12.8 Å². The molecule has 64 valence electrons. The third-order valence-corrected chi connectivity index (χ3v) is 2.79. The maximum absolute atomic E-state index is 10.8. The molecular weight excluding hydrogens is 154 g/mol. The van der Waals surface area contributed by atoms with Crippen LogP contribution < -0.4 is 0 Å². The maximum atomic E-state index is 10.8. The summed E-state index contributed by atoms with van der Waals surface area (Å²) in [5.41, 5.74) is -0.451. The Morgan fingerprint density at radius 1 is 1.58 bits per heavy atom. The first-order chi connectivity index (χ1) is 5.77. The van der Waals surface area contributed by atoms with Gasteiger partial charge < -0.3 is 4.74 Å². The number of hydrogen-bond acceptors (Lipinski definition) is 3. The molecule has 1 saturated carbocycles. The predicted molar refractivity (Wildman–Crippen MR) is 41.3 cm³/mol. The fraction of sp³-hybridized carbons (Fsp3) is 0.778. The minimum atomic E-state index is -0.451. The van der Waals surface area contributed by atoms with Crippen molar-refractivity contribution in [3.63, 3.8) is 0 Å². The average molecular weight is 165 g/mol. The van der Waals surface area contributed by atoms with Crippen LogP contribution >= 0.6 is 0 Å². The van der Waals surface area contributed by atoms with E-state index in [2.05, 4.69) is 6.07 Å². The summed E-state index contributed by atoms with van der Waals surface area (Å²) in [6, 6.07) is 2.24. The highest BCUT2D eigenvalue weighted by atomic mass is 16.5. The molecule has 0 amide bonds. The second kappa shape index (κ2) is 2.56. The van der Waals surface area contributed by atoms with Gasteiger partial charge in [-0.05, 0) is 12.8 Å². The molecule has 0 N–H and O–H groups in total. The predicted octanol–water partition coefficient (Wildman–Crippen LogP) is 1.04. The number of carbonyl (C=O) groups excluding carboxylic acids is 1. The van der Waals surface area contributed by atoms with Crippen molar-refractivity contribution in [1.82, 2.24) is 0 Å². The lowest BCUT2D eigenvalue weighted by atomic mass is 9.65. The van der Waals surface area contributed by atoms with Crippen molar-refractivity contribution < 1.29 is 9.53 Å². The number of Topliss-reactive ketones (excluding diaryl/α,β-unsaturated/α-hetero) is 1. The van der Waals surface area contributed by atoms with Gasteiger partial charge in [0.2, 0.25) is 0 Å². The highest BCUT2D eigenvalue weighted by Crippen LogP contribution is 2.45. The van der Waals surface area contributed by atoms with Crippen LogP contribution in [-0.4, -0.2) is 18.5 Å². The van der Waals surface area contributed by atoms with E-state index in [1.165, 1.54) is 0 Å². The molecule has 1 heterocycles. The van der Waals surface area contributed by atoms with Crippen molar-refractivity contribution in [3.8, 4) is 6.07 Å². The van der Waals surface area contributed by atoms with Crippen LogP contribution in [0, 0.1) is 16.7 Å². The molecule has 0 radical (unpaired) electrons. The van der Waals surface area contributed by atoms with E-state index in [0.717, 1.165) is 19.4 Å². The van der Waals surface area contributed by atoms with Gasteiger partial charge in [0.15, 0.2) is 0 Å². The summed E-state index contributed by atoms with van der Waals surface area (Å²) in [7, 11) is 0. The van der Waals surface area contributed by atoms with E-state index >= 15 is 0 Å². The van der Waals surface area contributed by atoms with Crippen LogP contribution in [0.1, 0.15) is 25.7 Å². The topological polar surface area (TPSA) is 50.1 Å².